The molecule has 0 fully saturated rings. The molecule has 0 aliphatic carbocycles. The van der Waals surface area contributed by atoms with Crippen LogP contribution in [0.5, 0.6) is 5.75 Å². The van der Waals surface area contributed by atoms with Gasteiger partial charge in [0.2, 0.25) is 0 Å². The van der Waals surface area contributed by atoms with Crippen LogP contribution in [0.3, 0.4) is 0 Å². The predicted molar refractivity (Wildman–Crippen MR) is 94.2 cm³/mol. The van der Waals surface area contributed by atoms with Crippen molar-refractivity contribution in [1.29, 1.82) is 0 Å². The first kappa shape index (κ1) is 16.1. The lowest BCUT2D eigenvalue weighted by Gasteiger charge is -2.16. The number of aromatic nitrogens is 2. The highest BCUT2D eigenvalue weighted by atomic mass is 16.5. The second kappa shape index (κ2) is 6.35. The number of rotatable bonds is 4. The standard InChI is InChI=1S/C19H21N3O2/c1-13-20-16-11-10-15(19(23)21(2)3)18(17(16)22(13)4)24-12-14-8-6-5-7-9-14/h5-11H,12H2,1-4H3. The second-order valence-electron chi connectivity index (χ2n) is 6.00. The SMILES string of the molecule is Cc1nc2ccc(C(=O)N(C)C)c(OCc3ccccc3)c2n1C. The van der Waals surface area contributed by atoms with E-state index in [1.807, 2.05) is 54.9 Å². The maximum absolute atomic E-state index is 12.6. The Morgan fingerprint density at radius 1 is 1.17 bits per heavy atom. The molecule has 0 spiro atoms. The van der Waals surface area contributed by atoms with Gasteiger partial charge in [-0.3, -0.25) is 4.79 Å². The van der Waals surface area contributed by atoms with Crippen molar-refractivity contribution in [2.75, 3.05) is 14.1 Å². The Hall–Kier alpha value is -2.82. The Balaban J connectivity index is 2.10. The van der Waals surface area contributed by atoms with Crippen LogP contribution in [0.4, 0.5) is 0 Å². The fraction of sp³-hybridized carbons (Fsp3) is 0.263. The predicted octanol–water partition coefficient (Wildman–Crippen LogP) is 3.16. The summed E-state index contributed by atoms with van der Waals surface area (Å²) in [5.74, 6) is 1.38. The molecule has 5 heteroatoms. The molecule has 0 bridgehead atoms. The van der Waals surface area contributed by atoms with E-state index in [9.17, 15) is 4.79 Å². The molecule has 0 aliphatic heterocycles. The number of amides is 1. The first-order valence-electron chi connectivity index (χ1n) is 7.83. The summed E-state index contributed by atoms with van der Waals surface area (Å²) in [5, 5.41) is 0. The fourth-order valence-electron chi connectivity index (χ4n) is 2.67. The highest BCUT2D eigenvalue weighted by Gasteiger charge is 2.21. The van der Waals surface area contributed by atoms with E-state index >= 15 is 0 Å². The Morgan fingerprint density at radius 2 is 1.88 bits per heavy atom. The number of carbonyl (C=O) groups is 1. The molecule has 3 aromatic rings. The molecule has 3 rings (SSSR count). The van der Waals surface area contributed by atoms with E-state index in [1.54, 1.807) is 25.1 Å². The molecular formula is C19H21N3O2. The number of hydrogen-bond acceptors (Lipinski definition) is 3. The minimum atomic E-state index is -0.0844. The van der Waals surface area contributed by atoms with Gasteiger partial charge in [-0.05, 0) is 24.6 Å². The highest BCUT2D eigenvalue weighted by Crippen LogP contribution is 2.31. The number of aryl methyl sites for hydroxylation is 2. The van der Waals surface area contributed by atoms with Gasteiger partial charge in [0.05, 0.1) is 11.1 Å². The number of imidazole rings is 1. The molecule has 2 aromatic carbocycles. The van der Waals surface area contributed by atoms with Crippen LogP contribution in [0.25, 0.3) is 11.0 Å². The molecule has 0 saturated heterocycles. The van der Waals surface area contributed by atoms with Crippen molar-refractivity contribution in [1.82, 2.24) is 14.5 Å². The zero-order chi connectivity index (χ0) is 17.3. The van der Waals surface area contributed by atoms with E-state index in [0.29, 0.717) is 17.9 Å². The topological polar surface area (TPSA) is 47.4 Å². The Kier molecular flexibility index (Phi) is 4.25. The molecule has 5 nitrogen and oxygen atoms in total. The van der Waals surface area contributed by atoms with E-state index in [-0.39, 0.29) is 5.91 Å². The minimum absolute atomic E-state index is 0.0844. The van der Waals surface area contributed by atoms with Crippen molar-refractivity contribution in [2.45, 2.75) is 13.5 Å². The summed E-state index contributed by atoms with van der Waals surface area (Å²) in [6.45, 7) is 2.34. The minimum Gasteiger partial charge on any atom is -0.486 e. The average molecular weight is 323 g/mol. The number of hydrogen-bond donors (Lipinski definition) is 0. The van der Waals surface area contributed by atoms with Crippen LogP contribution < -0.4 is 4.74 Å². The van der Waals surface area contributed by atoms with E-state index < -0.39 is 0 Å². The normalized spacial score (nSPS) is 10.8. The van der Waals surface area contributed by atoms with Crippen molar-refractivity contribution in [3.63, 3.8) is 0 Å². The molecule has 1 heterocycles. The average Bonchev–Trinajstić information content (AvgIpc) is 2.87. The summed E-state index contributed by atoms with van der Waals surface area (Å²) >= 11 is 0. The lowest BCUT2D eigenvalue weighted by atomic mass is 10.1. The highest BCUT2D eigenvalue weighted by molar-refractivity contribution is 6.02. The molecule has 0 atom stereocenters. The van der Waals surface area contributed by atoms with E-state index in [1.165, 1.54) is 0 Å². The van der Waals surface area contributed by atoms with Gasteiger partial charge in [0.25, 0.3) is 5.91 Å². The summed E-state index contributed by atoms with van der Waals surface area (Å²) in [5.41, 5.74) is 3.27. The van der Waals surface area contributed by atoms with Crippen LogP contribution in [-0.4, -0.2) is 34.5 Å². The van der Waals surface area contributed by atoms with Gasteiger partial charge >= 0.3 is 0 Å². The maximum Gasteiger partial charge on any atom is 0.257 e. The largest absolute Gasteiger partial charge is 0.486 e. The molecule has 0 aliphatic rings. The molecule has 24 heavy (non-hydrogen) atoms. The third-order valence-electron chi connectivity index (χ3n) is 4.08. The number of carbonyl (C=O) groups excluding carboxylic acids is 1. The molecule has 1 amide bonds. The van der Waals surface area contributed by atoms with Gasteiger partial charge in [-0.25, -0.2) is 4.98 Å². The van der Waals surface area contributed by atoms with Crippen LogP contribution in [0.1, 0.15) is 21.7 Å². The van der Waals surface area contributed by atoms with E-state index in [0.717, 1.165) is 22.4 Å². The summed E-state index contributed by atoms with van der Waals surface area (Å²) in [4.78, 5) is 18.6. The maximum atomic E-state index is 12.6. The van der Waals surface area contributed by atoms with Gasteiger partial charge in [0, 0.05) is 21.1 Å². The third-order valence-corrected chi connectivity index (χ3v) is 4.08. The van der Waals surface area contributed by atoms with Crippen molar-refractivity contribution in [2.24, 2.45) is 7.05 Å². The Bertz CT molecular complexity index is 883. The summed E-state index contributed by atoms with van der Waals surface area (Å²) in [7, 11) is 5.41. The van der Waals surface area contributed by atoms with Crippen LogP contribution in [0.15, 0.2) is 42.5 Å². The van der Waals surface area contributed by atoms with E-state index in [4.69, 9.17) is 4.74 Å². The second-order valence-corrected chi connectivity index (χ2v) is 6.00. The van der Waals surface area contributed by atoms with Gasteiger partial charge < -0.3 is 14.2 Å². The van der Waals surface area contributed by atoms with Crippen molar-refractivity contribution in [3.8, 4) is 5.75 Å². The Morgan fingerprint density at radius 3 is 2.54 bits per heavy atom. The van der Waals surface area contributed by atoms with Crippen LogP contribution in [0.2, 0.25) is 0 Å². The monoisotopic (exact) mass is 323 g/mol. The Labute approximate surface area is 141 Å². The quantitative estimate of drug-likeness (QED) is 0.741. The summed E-state index contributed by atoms with van der Waals surface area (Å²) < 4.78 is 8.05. The summed E-state index contributed by atoms with van der Waals surface area (Å²) in [6, 6.07) is 13.6. The first-order chi connectivity index (χ1) is 11.5. The fourth-order valence-corrected chi connectivity index (χ4v) is 2.67. The number of benzene rings is 2. The lowest BCUT2D eigenvalue weighted by molar-refractivity contribution is 0.0823. The first-order valence-corrected chi connectivity index (χ1v) is 7.83. The van der Waals surface area contributed by atoms with Gasteiger partial charge in [0.15, 0.2) is 5.75 Å². The molecular weight excluding hydrogens is 302 g/mol. The van der Waals surface area contributed by atoms with Crippen molar-refractivity contribution < 1.29 is 9.53 Å². The van der Waals surface area contributed by atoms with Gasteiger partial charge in [-0.1, -0.05) is 30.3 Å². The van der Waals surface area contributed by atoms with Crippen LogP contribution in [0, 0.1) is 6.92 Å². The molecule has 124 valence electrons. The third kappa shape index (κ3) is 2.85. The van der Waals surface area contributed by atoms with Gasteiger partial charge in [0.1, 0.15) is 17.9 Å². The van der Waals surface area contributed by atoms with Gasteiger partial charge in [-0.15, -0.1) is 0 Å². The van der Waals surface area contributed by atoms with Crippen LogP contribution >= 0.6 is 0 Å². The molecule has 0 N–H and O–H groups in total. The number of nitrogens with zero attached hydrogens (tertiary/aromatic N) is 3. The van der Waals surface area contributed by atoms with Gasteiger partial charge in [-0.2, -0.15) is 0 Å². The van der Waals surface area contributed by atoms with Crippen molar-refractivity contribution >= 4 is 16.9 Å². The van der Waals surface area contributed by atoms with E-state index in [2.05, 4.69) is 4.98 Å². The van der Waals surface area contributed by atoms with Crippen molar-refractivity contribution in [3.05, 3.63) is 59.4 Å². The zero-order valence-electron chi connectivity index (χ0n) is 14.4. The zero-order valence-corrected chi connectivity index (χ0v) is 14.4. The summed E-state index contributed by atoms with van der Waals surface area (Å²) in [6.07, 6.45) is 0. The molecule has 0 radical (unpaired) electrons. The molecule has 1 aromatic heterocycles. The molecule has 0 saturated carbocycles. The number of fused-ring (bicyclic) bond motifs is 1. The molecule has 0 unspecified atom stereocenters. The van der Waals surface area contributed by atoms with Crippen LogP contribution in [-0.2, 0) is 13.7 Å². The lowest BCUT2D eigenvalue weighted by Crippen LogP contribution is -2.22. The number of ether oxygens (including phenoxy) is 1. The smallest absolute Gasteiger partial charge is 0.257 e.